The van der Waals surface area contributed by atoms with E-state index in [1.807, 2.05) is 61.2 Å². The molecule has 0 radical (unpaired) electrons. The molecule has 1 unspecified atom stereocenters. The van der Waals surface area contributed by atoms with Crippen molar-refractivity contribution in [2.24, 2.45) is 0 Å². The van der Waals surface area contributed by atoms with Gasteiger partial charge in [0.2, 0.25) is 5.91 Å². The molecule has 0 saturated heterocycles. The van der Waals surface area contributed by atoms with E-state index in [4.69, 9.17) is 4.74 Å². The van der Waals surface area contributed by atoms with E-state index in [0.717, 1.165) is 17.8 Å². The second-order valence-corrected chi connectivity index (χ2v) is 8.25. The minimum absolute atomic E-state index is 0.0125. The monoisotopic (exact) mass is 431 g/mol. The summed E-state index contributed by atoms with van der Waals surface area (Å²) in [5.41, 5.74) is 2.61. The summed E-state index contributed by atoms with van der Waals surface area (Å²) in [6, 6.07) is 21.0. The van der Waals surface area contributed by atoms with Crippen LogP contribution in [0, 0.1) is 0 Å². The molecule has 166 valence electrons. The molecule has 6 heteroatoms. The van der Waals surface area contributed by atoms with Gasteiger partial charge in [-0.1, -0.05) is 42.5 Å². The Bertz CT molecular complexity index is 1090. The minimum Gasteiger partial charge on any atom is -0.496 e. The molecule has 0 bridgehead atoms. The fourth-order valence-electron chi connectivity index (χ4n) is 4.34. The molecule has 6 nitrogen and oxygen atoms in total. The minimum atomic E-state index is -0.206. The molecule has 0 saturated carbocycles. The lowest BCUT2D eigenvalue weighted by atomic mass is 9.99. The van der Waals surface area contributed by atoms with Gasteiger partial charge in [0, 0.05) is 31.0 Å². The summed E-state index contributed by atoms with van der Waals surface area (Å²) in [5, 5.41) is 0. The molecule has 4 rings (SSSR count). The van der Waals surface area contributed by atoms with E-state index in [1.165, 1.54) is 0 Å². The Morgan fingerprint density at radius 3 is 2.44 bits per heavy atom. The Hall–Kier alpha value is -3.54. The average molecular weight is 432 g/mol. The van der Waals surface area contributed by atoms with Crippen LogP contribution >= 0.6 is 0 Å². The van der Waals surface area contributed by atoms with E-state index in [0.29, 0.717) is 17.9 Å². The van der Waals surface area contributed by atoms with Gasteiger partial charge in [0.1, 0.15) is 12.3 Å². The molecule has 0 fully saturated rings. The first kappa shape index (κ1) is 21.7. The first-order valence-corrected chi connectivity index (χ1v) is 10.9. The number of carbonyl (C=O) groups excluding carboxylic acids is 2. The highest BCUT2D eigenvalue weighted by molar-refractivity contribution is 5.99. The average Bonchev–Trinajstić information content (AvgIpc) is 3.30. The highest BCUT2D eigenvalue weighted by Gasteiger charge is 2.34. The van der Waals surface area contributed by atoms with Gasteiger partial charge in [-0.3, -0.25) is 9.59 Å². The van der Waals surface area contributed by atoms with Crippen LogP contribution in [0.2, 0.25) is 0 Å². The summed E-state index contributed by atoms with van der Waals surface area (Å²) in [4.78, 5) is 30.5. The Kier molecular flexibility index (Phi) is 6.30. The van der Waals surface area contributed by atoms with Gasteiger partial charge in [0.15, 0.2) is 0 Å². The number of nitrogens with zero attached hydrogens (tertiary/aromatic N) is 3. The van der Waals surface area contributed by atoms with E-state index >= 15 is 0 Å². The smallest absolute Gasteiger partial charge is 0.258 e. The van der Waals surface area contributed by atoms with E-state index in [2.05, 4.69) is 16.8 Å². The number of rotatable bonds is 6. The lowest BCUT2D eigenvalue weighted by Crippen LogP contribution is -2.49. The summed E-state index contributed by atoms with van der Waals surface area (Å²) >= 11 is 0. The number of hydrogen-bond donors (Lipinski definition) is 0. The van der Waals surface area contributed by atoms with Crippen LogP contribution in [0.1, 0.15) is 41.5 Å². The predicted molar refractivity (Wildman–Crippen MR) is 124 cm³/mol. The molecular weight excluding hydrogens is 402 g/mol. The lowest BCUT2D eigenvalue weighted by molar-refractivity contribution is -0.135. The van der Waals surface area contributed by atoms with Crippen LogP contribution in [0.3, 0.4) is 0 Å². The largest absolute Gasteiger partial charge is 0.496 e. The van der Waals surface area contributed by atoms with E-state index in [1.54, 1.807) is 30.2 Å². The molecule has 2 amide bonds. The van der Waals surface area contributed by atoms with Crippen LogP contribution in [0.4, 0.5) is 0 Å². The molecule has 32 heavy (non-hydrogen) atoms. The van der Waals surface area contributed by atoms with Gasteiger partial charge in [-0.15, -0.1) is 0 Å². The SMILES string of the molecule is COc1ccccc1C(=O)N(CC(=O)N1CCn2cccc2C1c1ccccc1)C(C)C. The topological polar surface area (TPSA) is 54.8 Å². The van der Waals surface area contributed by atoms with Crippen LogP contribution in [0.25, 0.3) is 0 Å². The zero-order valence-corrected chi connectivity index (χ0v) is 18.8. The van der Waals surface area contributed by atoms with Crippen LogP contribution in [-0.2, 0) is 11.3 Å². The first-order valence-electron chi connectivity index (χ1n) is 10.9. The summed E-state index contributed by atoms with van der Waals surface area (Å²) in [5.74, 6) is 0.235. The number of para-hydroxylation sites is 1. The zero-order chi connectivity index (χ0) is 22.7. The van der Waals surface area contributed by atoms with Crippen molar-refractivity contribution in [1.82, 2.24) is 14.4 Å². The van der Waals surface area contributed by atoms with Gasteiger partial charge in [0.25, 0.3) is 5.91 Å². The van der Waals surface area contributed by atoms with Gasteiger partial charge in [0.05, 0.1) is 18.7 Å². The van der Waals surface area contributed by atoms with Crippen LogP contribution in [0.5, 0.6) is 5.75 Å². The number of hydrogen-bond acceptors (Lipinski definition) is 3. The predicted octanol–water partition coefficient (Wildman–Crippen LogP) is 3.98. The van der Waals surface area contributed by atoms with Crippen LogP contribution in [0.15, 0.2) is 72.9 Å². The van der Waals surface area contributed by atoms with Crippen molar-refractivity contribution in [3.63, 3.8) is 0 Å². The molecule has 1 aliphatic rings. The maximum absolute atomic E-state index is 13.6. The van der Waals surface area contributed by atoms with Gasteiger partial charge < -0.3 is 19.1 Å². The van der Waals surface area contributed by atoms with E-state index in [9.17, 15) is 9.59 Å². The van der Waals surface area contributed by atoms with Gasteiger partial charge in [-0.2, -0.15) is 0 Å². The number of aromatic nitrogens is 1. The molecule has 2 heterocycles. The number of methoxy groups -OCH3 is 1. The van der Waals surface area contributed by atoms with Crippen LogP contribution in [-0.4, -0.2) is 52.4 Å². The maximum Gasteiger partial charge on any atom is 0.258 e. The number of amides is 2. The number of fused-ring (bicyclic) bond motifs is 1. The zero-order valence-electron chi connectivity index (χ0n) is 18.8. The third-order valence-corrected chi connectivity index (χ3v) is 6.00. The lowest BCUT2D eigenvalue weighted by Gasteiger charge is -2.39. The maximum atomic E-state index is 13.6. The van der Waals surface area contributed by atoms with Gasteiger partial charge >= 0.3 is 0 Å². The van der Waals surface area contributed by atoms with Crippen molar-refractivity contribution in [1.29, 1.82) is 0 Å². The highest BCUT2D eigenvalue weighted by Crippen LogP contribution is 2.32. The fraction of sp³-hybridized carbons (Fsp3) is 0.308. The molecule has 1 aromatic heterocycles. The van der Waals surface area contributed by atoms with Crippen LogP contribution < -0.4 is 4.74 Å². The van der Waals surface area contributed by atoms with Crippen molar-refractivity contribution < 1.29 is 14.3 Å². The molecular formula is C26H29N3O3. The van der Waals surface area contributed by atoms with Crippen molar-refractivity contribution in [3.8, 4) is 5.75 Å². The molecule has 0 N–H and O–H groups in total. The second-order valence-electron chi connectivity index (χ2n) is 8.25. The van der Waals surface area contributed by atoms with Gasteiger partial charge in [-0.05, 0) is 43.7 Å². The Balaban J connectivity index is 1.63. The van der Waals surface area contributed by atoms with Crippen molar-refractivity contribution in [2.45, 2.75) is 32.5 Å². The Morgan fingerprint density at radius 1 is 1.00 bits per heavy atom. The van der Waals surface area contributed by atoms with E-state index < -0.39 is 0 Å². The molecule has 1 aliphatic heterocycles. The molecule has 1 atom stereocenters. The summed E-state index contributed by atoms with van der Waals surface area (Å²) in [6.07, 6.45) is 2.05. The van der Waals surface area contributed by atoms with Crippen molar-refractivity contribution in [3.05, 3.63) is 89.7 Å². The third kappa shape index (κ3) is 4.13. The number of ether oxygens (including phenoxy) is 1. The summed E-state index contributed by atoms with van der Waals surface area (Å²) in [7, 11) is 1.55. The summed E-state index contributed by atoms with van der Waals surface area (Å²) in [6.45, 7) is 5.19. The first-order chi connectivity index (χ1) is 15.5. The number of carbonyl (C=O) groups is 2. The van der Waals surface area contributed by atoms with Crippen molar-refractivity contribution >= 4 is 11.8 Å². The normalized spacial score (nSPS) is 15.4. The standard InChI is InChI=1S/C26H29N3O3/c1-19(2)29(26(31)21-12-7-8-14-23(21)32-3)18-24(30)28-17-16-27-15-9-13-22(27)25(28)20-10-5-4-6-11-20/h4-15,19,25H,16-18H2,1-3H3. The van der Waals surface area contributed by atoms with Gasteiger partial charge in [-0.25, -0.2) is 0 Å². The molecule has 0 aliphatic carbocycles. The Labute approximate surface area is 189 Å². The summed E-state index contributed by atoms with van der Waals surface area (Å²) < 4.78 is 7.57. The molecule has 3 aromatic rings. The number of benzene rings is 2. The quantitative estimate of drug-likeness (QED) is 0.593. The molecule has 2 aromatic carbocycles. The fourth-order valence-corrected chi connectivity index (χ4v) is 4.34. The Morgan fingerprint density at radius 2 is 1.72 bits per heavy atom. The van der Waals surface area contributed by atoms with E-state index in [-0.39, 0.29) is 30.4 Å². The second kappa shape index (κ2) is 9.30. The van der Waals surface area contributed by atoms with Crippen molar-refractivity contribution in [2.75, 3.05) is 20.2 Å². The highest BCUT2D eigenvalue weighted by atomic mass is 16.5. The molecule has 0 spiro atoms. The third-order valence-electron chi connectivity index (χ3n) is 6.00.